The normalized spacial score (nSPS) is 26.8. The maximum absolute atomic E-state index is 9.34. The molecule has 2 saturated heterocycles. The van der Waals surface area contributed by atoms with E-state index < -0.39 is 0 Å². The van der Waals surface area contributed by atoms with E-state index in [1.165, 1.54) is 25.7 Å². The van der Waals surface area contributed by atoms with Crippen molar-refractivity contribution >= 4 is 9.47 Å². The molecule has 0 aromatic carbocycles. The summed E-state index contributed by atoms with van der Waals surface area (Å²) in [6.07, 6.45) is 4.80. The minimum atomic E-state index is -0.113. The highest BCUT2D eigenvalue weighted by atomic mass is 31.0. The predicted octanol–water partition coefficient (Wildman–Crippen LogP) is 1.20. The lowest BCUT2D eigenvalue weighted by Gasteiger charge is -2.34. The third kappa shape index (κ3) is 2.55. The van der Waals surface area contributed by atoms with E-state index >= 15 is 0 Å². The average Bonchev–Trinajstić information content (AvgIpc) is 2.97. The van der Waals surface area contributed by atoms with Gasteiger partial charge in [0.25, 0.3) is 0 Å². The Hall–Kier alpha value is -0.200. The van der Waals surface area contributed by atoms with Gasteiger partial charge in [0.1, 0.15) is 12.3 Å². The Bertz CT molecular complexity index is 256. The number of likely N-dealkylation sites (tertiary alicyclic amines) is 2. The van der Waals surface area contributed by atoms with Gasteiger partial charge in [-0.2, -0.15) is 5.26 Å². The average molecular weight is 241 g/mol. The Labute approximate surface area is 99.8 Å². The van der Waals surface area contributed by atoms with Gasteiger partial charge in [0.2, 0.25) is 0 Å². The van der Waals surface area contributed by atoms with Gasteiger partial charge >= 0.3 is 0 Å². The van der Waals surface area contributed by atoms with Gasteiger partial charge in [-0.3, -0.25) is 9.80 Å². The first-order chi connectivity index (χ1) is 7.86. The summed E-state index contributed by atoms with van der Waals surface area (Å²) in [6.45, 7) is 4.20. The lowest BCUT2D eigenvalue weighted by Crippen LogP contribution is -2.49. The summed E-state index contributed by atoms with van der Waals surface area (Å²) in [4.78, 5) is 4.55. The molecule has 0 spiro atoms. The van der Waals surface area contributed by atoms with Crippen LogP contribution in [0.4, 0.5) is 0 Å². The Balaban J connectivity index is 2.01. The van der Waals surface area contributed by atoms with Crippen molar-refractivity contribution in [3.63, 3.8) is 0 Å². The zero-order valence-corrected chi connectivity index (χ0v) is 10.8. The van der Waals surface area contributed by atoms with Crippen LogP contribution in [-0.2, 0) is 4.52 Å². The number of hydrogen-bond donors (Lipinski definition) is 0. The van der Waals surface area contributed by atoms with Crippen molar-refractivity contribution in [2.45, 2.75) is 38.0 Å². The van der Waals surface area contributed by atoms with Crippen LogP contribution in [0.1, 0.15) is 25.7 Å². The minimum absolute atomic E-state index is 0.0735. The van der Waals surface area contributed by atoms with E-state index in [2.05, 4.69) is 25.3 Å². The quantitative estimate of drug-likeness (QED) is 0.693. The molecule has 0 amide bonds. The van der Waals surface area contributed by atoms with E-state index in [1.807, 2.05) is 0 Å². The van der Waals surface area contributed by atoms with Crippen molar-refractivity contribution in [1.82, 2.24) is 9.80 Å². The van der Waals surface area contributed by atoms with Crippen molar-refractivity contribution in [3.8, 4) is 6.07 Å². The lowest BCUT2D eigenvalue weighted by atomic mass is 10.2. The van der Waals surface area contributed by atoms with Crippen molar-refractivity contribution in [1.29, 1.82) is 5.26 Å². The van der Waals surface area contributed by atoms with Gasteiger partial charge in [-0.25, -0.2) is 0 Å². The van der Waals surface area contributed by atoms with Crippen LogP contribution in [0.2, 0.25) is 0 Å². The van der Waals surface area contributed by atoms with Gasteiger partial charge < -0.3 is 4.52 Å². The molecule has 0 aromatic rings. The fourth-order valence-electron chi connectivity index (χ4n) is 2.70. The Morgan fingerprint density at radius 1 is 1.00 bits per heavy atom. The van der Waals surface area contributed by atoms with Crippen LogP contribution < -0.4 is 0 Å². The minimum Gasteiger partial charge on any atom is -0.344 e. The third-order valence-electron chi connectivity index (χ3n) is 3.58. The summed E-state index contributed by atoms with van der Waals surface area (Å²) in [5, 5.41) is 9.34. The summed E-state index contributed by atoms with van der Waals surface area (Å²) in [7, 11) is 2.33. The maximum atomic E-state index is 9.34. The Morgan fingerprint density at radius 3 is 1.94 bits per heavy atom. The molecule has 3 unspecified atom stereocenters. The van der Waals surface area contributed by atoms with Crippen molar-refractivity contribution in [2.24, 2.45) is 0 Å². The topological polar surface area (TPSA) is 39.5 Å². The van der Waals surface area contributed by atoms with E-state index in [0.29, 0.717) is 0 Å². The summed E-state index contributed by atoms with van der Waals surface area (Å²) in [5.41, 5.74) is 0. The van der Waals surface area contributed by atoms with E-state index in [0.717, 1.165) is 26.2 Å². The van der Waals surface area contributed by atoms with Crippen molar-refractivity contribution in [2.75, 3.05) is 26.2 Å². The summed E-state index contributed by atoms with van der Waals surface area (Å²) in [6, 6.07) is 2.30. The fraction of sp³-hybridized carbons (Fsp3) is 0.909. The molecule has 2 fully saturated rings. The number of hydrogen-bond acceptors (Lipinski definition) is 4. The first-order valence-corrected chi connectivity index (χ1v) is 6.57. The Morgan fingerprint density at radius 2 is 1.50 bits per heavy atom. The largest absolute Gasteiger partial charge is 0.344 e. The highest BCUT2D eigenvalue weighted by Crippen LogP contribution is 2.22. The number of nitriles is 1. The second-order valence-corrected chi connectivity index (χ2v) is 4.86. The van der Waals surface area contributed by atoms with Crippen LogP contribution >= 0.6 is 9.47 Å². The van der Waals surface area contributed by atoms with E-state index in [-0.39, 0.29) is 12.3 Å². The smallest absolute Gasteiger partial charge is 0.143 e. The monoisotopic (exact) mass is 241 g/mol. The maximum Gasteiger partial charge on any atom is 0.143 e. The molecular formula is C11H20N3OP. The van der Waals surface area contributed by atoms with Gasteiger partial charge in [-0.1, -0.05) is 0 Å². The molecule has 2 rings (SSSR count). The molecule has 16 heavy (non-hydrogen) atoms. The van der Waals surface area contributed by atoms with Gasteiger partial charge in [0, 0.05) is 22.6 Å². The van der Waals surface area contributed by atoms with Gasteiger partial charge in [-0.05, 0) is 38.8 Å². The first kappa shape index (κ1) is 12.3. The van der Waals surface area contributed by atoms with Crippen LogP contribution in [0, 0.1) is 11.3 Å². The van der Waals surface area contributed by atoms with E-state index in [9.17, 15) is 5.26 Å². The summed E-state index contributed by atoms with van der Waals surface area (Å²) >= 11 is 0. The molecule has 2 aliphatic rings. The molecule has 0 aromatic heterocycles. The molecule has 4 nitrogen and oxygen atoms in total. The molecule has 2 aliphatic heterocycles. The summed E-state index contributed by atoms with van der Waals surface area (Å²) < 4.78 is 5.48. The molecule has 90 valence electrons. The number of nitrogens with zero attached hydrogens (tertiary/aromatic N) is 3. The highest BCUT2D eigenvalue weighted by molar-refractivity contribution is 7.09. The standard InChI is InChI=1S/C11H20N3OP/c12-9-10(13-5-1-2-6-13)11(15-16)14-7-3-4-8-14/h10-11H,1-8,16H2. The SMILES string of the molecule is N#CC(C(OP)N1CCCC1)N1CCCC1. The van der Waals surface area contributed by atoms with Crippen molar-refractivity contribution < 1.29 is 4.52 Å². The molecule has 2 heterocycles. The number of rotatable bonds is 4. The second kappa shape index (κ2) is 5.93. The molecule has 5 heteroatoms. The second-order valence-electron chi connectivity index (χ2n) is 4.59. The van der Waals surface area contributed by atoms with Crippen LogP contribution in [0.3, 0.4) is 0 Å². The highest BCUT2D eigenvalue weighted by Gasteiger charge is 2.34. The van der Waals surface area contributed by atoms with Crippen LogP contribution in [0.25, 0.3) is 0 Å². The molecule has 0 N–H and O–H groups in total. The third-order valence-corrected chi connectivity index (χ3v) is 3.86. The van der Waals surface area contributed by atoms with Gasteiger partial charge in [0.15, 0.2) is 0 Å². The van der Waals surface area contributed by atoms with Crippen LogP contribution in [-0.4, -0.2) is 48.2 Å². The van der Waals surface area contributed by atoms with E-state index in [4.69, 9.17) is 4.52 Å². The molecule has 0 bridgehead atoms. The predicted molar refractivity (Wildman–Crippen MR) is 65.6 cm³/mol. The van der Waals surface area contributed by atoms with E-state index in [1.54, 1.807) is 0 Å². The zero-order valence-electron chi connectivity index (χ0n) is 9.64. The molecule has 0 aliphatic carbocycles. The molecular weight excluding hydrogens is 221 g/mol. The zero-order chi connectivity index (χ0) is 11.4. The van der Waals surface area contributed by atoms with Crippen LogP contribution in [0.5, 0.6) is 0 Å². The molecule has 0 saturated carbocycles. The van der Waals surface area contributed by atoms with Crippen molar-refractivity contribution in [3.05, 3.63) is 0 Å². The van der Waals surface area contributed by atoms with Gasteiger partial charge in [-0.15, -0.1) is 0 Å². The fourth-order valence-corrected chi connectivity index (χ4v) is 3.02. The molecule has 3 atom stereocenters. The Kier molecular flexibility index (Phi) is 4.55. The molecule has 0 radical (unpaired) electrons. The van der Waals surface area contributed by atoms with Crippen LogP contribution in [0.15, 0.2) is 0 Å². The van der Waals surface area contributed by atoms with Gasteiger partial charge in [0.05, 0.1) is 6.07 Å². The lowest BCUT2D eigenvalue weighted by molar-refractivity contribution is 0.00631. The summed E-state index contributed by atoms with van der Waals surface area (Å²) in [5.74, 6) is 0. The first-order valence-electron chi connectivity index (χ1n) is 6.10.